The Bertz CT molecular complexity index is 911. The monoisotopic (exact) mass is 404 g/mol. The first-order valence-electron chi connectivity index (χ1n) is 9.50. The van der Waals surface area contributed by atoms with Crippen molar-refractivity contribution in [3.63, 3.8) is 0 Å². The molecule has 0 spiro atoms. The molecule has 2 atom stereocenters. The smallest absolute Gasteiger partial charge is 0.232 e. The van der Waals surface area contributed by atoms with E-state index in [-0.39, 0.29) is 12.3 Å². The lowest BCUT2D eigenvalue weighted by Crippen LogP contribution is -2.51. The van der Waals surface area contributed by atoms with Gasteiger partial charge in [-0.3, -0.25) is 4.79 Å². The minimum Gasteiger partial charge on any atom is -0.368 e. The van der Waals surface area contributed by atoms with E-state index in [4.69, 9.17) is 11.6 Å². The maximum Gasteiger partial charge on any atom is 0.232 e. The van der Waals surface area contributed by atoms with Gasteiger partial charge < -0.3 is 9.80 Å². The summed E-state index contributed by atoms with van der Waals surface area (Å²) in [5, 5.41) is 0.686. The van der Waals surface area contributed by atoms with Gasteiger partial charge in [-0.25, -0.2) is 8.78 Å². The van der Waals surface area contributed by atoms with Crippen LogP contribution in [0.15, 0.2) is 42.5 Å². The number of nitrogens with zero attached hydrogens (tertiary/aromatic N) is 2. The van der Waals surface area contributed by atoms with Gasteiger partial charge in [-0.1, -0.05) is 29.8 Å². The van der Waals surface area contributed by atoms with E-state index in [2.05, 4.69) is 4.90 Å². The molecule has 1 aliphatic heterocycles. The molecule has 2 aromatic rings. The second kappa shape index (κ2) is 6.73. The number of hydrogen-bond acceptors (Lipinski definition) is 2. The third-order valence-corrected chi connectivity index (χ3v) is 6.43. The quantitative estimate of drug-likeness (QED) is 0.739. The standard InChI is InChI=1S/C22H23ClF2N2O/c1-15-3-6-17(23)13-19(15)26-9-11-27(12-10-26)20(28)21(2)14-22(21,25)16-4-7-18(24)8-5-16/h3-8,13H,9-12,14H2,1-2H3/t21-,22-/m1/s1. The Labute approximate surface area is 168 Å². The van der Waals surface area contributed by atoms with Crippen LogP contribution >= 0.6 is 11.6 Å². The van der Waals surface area contributed by atoms with E-state index in [9.17, 15) is 9.18 Å². The first-order chi connectivity index (χ1) is 13.2. The maximum atomic E-state index is 15.5. The van der Waals surface area contributed by atoms with Gasteiger partial charge in [0.1, 0.15) is 5.82 Å². The number of hydrogen-bond donors (Lipinski definition) is 0. The largest absolute Gasteiger partial charge is 0.368 e. The second-order valence-corrected chi connectivity index (χ2v) is 8.46. The van der Waals surface area contributed by atoms with Crippen LogP contribution in [0, 0.1) is 18.2 Å². The molecule has 1 heterocycles. The summed E-state index contributed by atoms with van der Waals surface area (Å²) in [6.45, 7) is 6.15. The molecule has 6 heteroatoms. The topological polar surface area (TPSA) is 23.6 Å². The van der Waals surface area contributed by atoms with Crippen molar-refractivity contribution in [3.8, 4) is 0 Å². The summed E-state index contributed by atoms with van der Waals surface area (Å²) in [5.74, 6) is -0.574. The van der Waals surface area contributed by atoms with Crippen LogP contribution in [-0.2, 0) is 10.5 Å². The van der Waals surface area contributed by atoms with Gasteiger partial charge in [0.15, 0.2) is 5.67 Å². The highest BCUT2D eigenvalue weighted by atomic mass is 35.5. The Morgan fingerprint density at radius 3 is 2.36 bits per heavy atom. The predicted octanol–water partition coefficient (Wildman–Crippen LogP) is 4.71. The van der Waals surface area contributed by atoms with Crippen LogP contribution < -0.4 is 4.90 Å². The molecule has 0 bridgehead atoms. The van der Waals surface area contributed by atoms with Crippen LogP contribution in [0.4, 0.5) is 14.5 Å². The van der Waals surface area contributed by atoms with E-state index in [0.29, 0.717) is 36.8 Å². The lowest BCUT2D eigenvalue weighted by Gasteiger charge is -2.38. The van der Waals surface area contributed by atoms with Gasteiger partial charge >= 0.3 is 0 Å². The fourth-order valence-corrected chi connectivity index (χ4v) is 4.41. The number of carbonyl (C=O) groups excluding carboxylic acids is 1. The highest BCUT2D eigenvalue weighted by Crippen LogP contribution is 2.66. The van der Waals surface area contributed by atoms with Crippen LogP contribution in [0.25, 0.3) is 0 Å². The third kappa shape index (κ3) is 3.06. The van der Waals surface area contributed by atoms with Crippen LogP contribution in [0.2, 0.25) is 5.02 Å². The van der Waals surface area contributed by atoms with Crippen molar-refractivity contribution in [2.24, 2.45) is 5.41 Å². The number of halogens is 3. The summed E-state index contributed by atoms with van der Waals surface area (Å²) >= 11 is 6.13. The molecule has 2 fully saturated rings. The zero-order valence-electron chi connectivity index (χ0n) is 16.0. The minimum atomic E-state index is -1.72. The van der Waals surface area contributed by atoms with Crippen LogP contribution in [-0.4, -0.2) is 37.0 Å². The SMILES string of the molecule is Cc1ccc(Cl)cc1N1CCN(C(=O)[C@@]2(C)C[C@@]2(F)c2ccc(F)cc2)CC1. The number of carbonyl (C=O) groups is 1. The average Bonchev–Trinajstić information content (AvgIpc) is 3.27. The van der Waals surface area contributed by atoms with Crippen molar-refractivity contribution in [2.75, 3.05) is 31.1 Å². The van der Waals surface area contributed by atoms with Crippen molar-refractivity contribution in [1.29, 1.82) is 0 Å². The van der Waals surface area contributed by atoms with Gasteiger partial charge in [0.05, 0.1) is 5.41 Å². The normalized spacial score (nSPS) is 27.0. The summed E-state index contributed by atoms with van der Waals surface area (Å²) in [5.41, 5.74) is -0.226. The number of rotatable bonds is 3. The molecule has 3 nitrogen and oxygen atoms in total. The molecule has 2 aromatic carbocycles. The molecule has 148 valence electrons. The van der Waals surface area contributed by atoms with Gasteiger partial charge in [-0.05, 0) is 49.2 Å². The van der Waals surface area contributed by atoms with Crippen molar-refractivity contribution < 1.29 is 13.6 Å². The molecule has 1 amide bonds. The van der Waals surface area contributed by atoms with Crippen LogP contribution in [0.5, 0.6) is 0 Å². The van der Waals surface area contributed by atoms with E-state index in [1.165, 1.54) is 24.3 Å². The first-order valence-corrected chi connectivity index (χ1v) is 9.88. The van der Waals surface area contributed by atoms with Crippen LogP contribution in [0.3, 0.4) is 0 Å². The average molecular weight is 405 g/mol. The Balaban J connectivity index is 1.44. The molecule has 1 saturated carbocycles. The number of benzene rings is 2. The summed E-state index contributed by atoms with van der Waals surface area (Å²) in [4.78, 5) is 17.0. The second-order valence-electron chi connectivity index (χ2n) is 8.03. The zero-order chi connectivity index (χ0) is 20.1. The van der Waals surface area contributed by atoms with Gasteiger partial charge in [0.25, 0.3) is 0 Å². The van der Waals surface area contributed by atoms with Crippen LogP contribution in [0.1, 0.15) is 24.5 Å². The van der Waals surface area contributed by atoms with Gasteiger partial charge in [-0.15, -0.1) is 0 Å². The number of alkyl halides is 1. The molecule has 1 aliphatic carbocycles. The first kappa shape index (κ1) is 19.2. The van der Waals surface area contributed by atoms with E-state index in [1.54, 1.807) is 11.8 Å². The molecular formula is C22H23ClF2N2O. The molecular weight excluding hydrogens is 382 g/mol. The van der Waals surface area contributed by atoms with Crippen molar-refractivity contribution in [1.82, 2.24) is 4.90 Å². The van der Waals surface area contributed by atoms with Gasteiger partial charge in [0, 0.05) is 43.3 Å². The number of amides is 1. The molecule has 2 aliphatic rings. The Morgan fingerprint density at radius 2 is 1.71 bits per heavy atom. The molecule has 0 N–H and O–H groups in total. The highest BCUT2D eigenvalue weighted by molar-refractivity contribution is 6.30. The van der Waals surface area contributed by atoms with Crippen molar-refractivity contribution >= 4 is 23.2 Å². The number of anilines is 1. The predicted molar refractivity (Wildman–Crippen MR) is 107 cm³/mol. The van der Waals surface area contributed by atoms with Crippen molar-refractivity contribution in [3.05, 3.63) is 64.4 Å². The van der Waals surface area contributed by atoms with E-state index in [1.807, 2.05) is 25.1 Å². The van der Waals surface area contributed by atoms with E-state index >= 15 is 4.39 Å². The fourth-order valence-electron chi connectivity index (χ4n) is 4.25. The van der Waals surface area contributed by atoms with Crippen molar-refractivity contribution in [2.45, 2.75) is 25.9 Å². The third-order valence-electron chi connectivity index (χ3n) is 6.20. The number of aryl methyl sites for hydroxylation is 1. The minimum absolute atomic E-state index is 0.137. The van der Waals surface area contributed by atoms with E-state index in [0.717, 1.165) is 11.3 Å². The Morgan fingerprint density at radius 1 is 1.07 bits per heavy atom. The molecule has 0 radical (unpaired) electrons. The zero-order valence-corrected chi connectivity index (χ0v) is 16.8. The molecule has 4 rings (SSSR count). The lowest BCUT2D eigenvalue weighted by atomic mass is 9.97. The Kier molecular flexibility index (Phi) is 4.61. The van der Waals surface area contributed by atoms with Gasteiger partial charge in [0.2, 0.25) is 5.91 Å². The Hall–Kier alpha value is -2.14. The highest BCUT2D eigenvalue weighted by Gasteiger charge is 2.72. The lowest BCUT2D eigenvalue weighted by molar-refractivity contribution is -0.138. The molecule has 0 aromatic heterocycles. The summed E-state index contributed by atoms with van der Waals surface area (Å²) in [6.07, 6.45) is 0.137. The summed E-state index contributed by atoms with van der Waals surface area (Å²) in [6, 6.07) is 11.2. The van der Waals surface area contributed by atoms with Gasteiger partial charge in [-0.2, -0.15) is 0 Å². The fraction of sp³-hybridized carbons (Fsp3) is 0.409. The molecule has 0 unspecified atom stereocenters. The maximum absolute atomic E-state index is 15.5. The summed E-state index contributed by atoms with van der Waals surface area (Å²) < 4.78 is 28.6. The number of piperazine rings is 1. The molecule has 28 heavy (non-hydrogen) atoms. The van der Waals surface area contributed by atoms with E-state index < -0.39 is 16.9 Å². The molecule has 1 saturated heterocycles. The summed E-state index contributed by atoms with van der Waals surface area (Å²) in [7, 11) is 0.